The molecule has 0 bridgehead atoms. The summed E-state index contributed by atoms with van der Waals surface area (Å²) in [4.78, 5) is 0. The van der Waals surface area contributed by atoms with Crippen LogP contribution in [0.15, 0.2) is 0 Å². The van der Waals surface area contributed by atoms with Gasteiger partial charge in [0, 0.05) is 0 Å². The van der Waals surface area contributed by atoms with Crippen molar-refractivity contribution in [2.45, 2.75) is 46.0 Å². The van der Waals surface area contributed by atoms with E-state index in [2.05, 4.69) is 19.2 Å². The first-order valence-corrected chi connectivity index (χ1v) is 6.52. The minimum atomic E-state index is 1.01. The Morgan fingerprint density at radius 2 is 2.07 bits per heavy atom. The fraction of sp³-hybridized carbons (Fsp3) is 1.00. The first-order valence-electron chi connectivity index (χ1n) is 6.52. The van der Waals surface area contributed by atoms with Crippen molar-refractivity contribution < 1.29 is 0 Å². The Kier molecular flexibility index (Phi) is 3.48. The van der Waals surface area contributed by atoms with Crippen LogP contribution in [0, 0.1) is 23.7 Å². The lowest BCUT2D eigenvalue weighted by Crippen LogP contribution is -2.20. The molecule has 0 radical (unpaired) electrons. The van der Waals surface area contributed by atoms with E-state index in [1.165, 1.54) is 38.6 Å². The van der Waals surface area contributed by atoms with Crippen molar-refractivity contribution >= 4 is 0 Å². The van der Waals surface area contributed by atoms with Crippen LogP contribution in [-0.2, 0) is 0 Å². The molecule has 82 valence electrons. The van der Waals surface area contributed by atoms with Crippen LogP contribution < -0.4 is 5.32 Å². The van der Waals surface area contributed by atoms with E-state index in [9.17, 15) is 0 Å². The molecule has 4 atom stereocenters. The topological polar surface area (TPSA) is 12.0 Å². The second kappa shape index (κ2) is 4.65. The highest BCUT2D eigenvalue weighted by Crippen LogP contribution is 2.49. The van der Waals surface area contributed by atoms with Crippen molar-refractivity contribution in [2.75, 3.05) is 13.1 Å². The molecule has 14 heavy (non-hydrogen) atoms. The average Bonchev–Trinajstić information content (AvgIpc) is 2.94. The lowest BCUT2D eigenvalue weighted by Gasteiger charge is -2.27. The standard InChI is InChI=1S/C13H25N/c1-3-14-9-12-8-13(12)11-6-4-5-10(2)7-11/h10-14H,3-9H2,1-2H3. The largest absolute Gasteiger partial charge is 0.317 e. The van der Waals surface area contributed by atoms with Crippen LogP contribution >= 0.6 is 0 Å². The van der Waals surface area contributed by atoms with Crippen molar-refractivity contribution in [3.63, 3.8) is 0 Å². The molecule has 2 aliphatic rings. The lowest BCUT2D eigenvalue weighted by atomic mass is 9.79. The van der Waals surface area contributed by atoms with Crippen LogP contribution in [-0.4, -0.2) is 13.1 Å². The second-order valence-corrected chi connectivity index (χ2v) is 5.50. The van der Waals surface area contributed by atoms with E-state index in [1.54, 1.807) is 0 Å². The summed E-state index contributed by atoms with van der Waals surface area (Å²) in [6, 6.07) is 0. The fourth-order valence-corrected chi connectivity index (χ4v) is 3.28. The maximum absolute atomic E-state index is 3.49. The van der Waals surface area contributed by atoms with Gasteiger partial charge < -0.3 is 5.32 Å². The van der Waals surface area contributed by atoms with Crippen molar-refractivity contribution in [3.8, 4) is 0 Å². The van der Waals surface area contributed by atoms with E-state index < -0.39 is 0 Å². The van der Waals surface area contributed by atoms with Crippen LogP contribution in [0.2, 0.25) is 0 Å². The van der Waals surface area contributed by atoms with Crippen LogP contribution in [0.3, 0.4) is 0 Å². The maximum Gasteiger partial charge on any atom is -0.00178 e. The maximum atomic E-state index is 3.49. The molecule has 2 fully saturated rings. The summed E-state index contributed by atoms with van der Waals surface area (Å²) in [6.45, 7) is 7.07. The number of nitrogens with one attached hydrogen (secondary N) is 1. The third-order valence-electron chi connectivity index (χ3n) is 4.22. The van der Waals surface area contributed by atoms with E-state index in [0.717, 1.165) is 30.2 Å². The van der Waals surface area contributed by atoms with Crippen molar-refractivity contribution in [2.24, 2.45) is 23.7 Å². The normalized spacial score (nSPS) is 42.4. The van der Waals surface area contributed by atoms with Gasteiger partial charge in [0.1, 0.15) is 0 Å². The molecule has 0 aliphatic heterocycles. The summed E-state index contributed by atoms with van der Waals surface area (Å²) in [5, 5.41) is 3.49. The summed E-state index contributed by atoms with van der Waals surface area (Å²) in [5.74, 6) is 4.22. The van der Waals surface area contributed by atoms with E-state index in [0.29, 0.717) is 0 Å². The Bertz CT molecular complexity index is 178. The van der Waals surface area contributed by atoms with Gasteiger partial charge >= 0.3 is 0 Å². The van der Waals surface area contributed by atoms with Crippen LogP contribution in [0.25, 0.3) is 0 Å². The van der Waals surface area contributed by atoms with E-state index in [4.69, 9.17) is 0 Å². The summed E-state index contributed by atoms with van der Waals surface area (Å²) < 4.78 is 0. The zero-order valence-electron chi connectivity index (χ0n) is 9.76. The number of rotatable bonds is 4. The van der Waals surface area contributed by atoms with E-state index in [-0.39, 0.29) is 0 Å². The molecule has 2 rings (SSSR count). The summed E-state index contributed by atoms with van der Waals surface area (Å²) in [6.07, 6.45) is 7.55. The minimum Gasteiger partial charge on any atom is -0.317 e. The van der Waals surface area contributed by atoms with Gasteiger partial charge in [-0.1, -0.05) is 33.1 Å². The second-order valence-electron chi connectivity index (χ2n) is 5.50. The fourth-order valence-electron chi connectivity index (χ4n) is 3.28. The van der Waals surface area contributed by atoms with Gasteiger partial charge in [-0.05, 0) is 49.6 Å². The van der Waals surface area contributed by atoms with Gasteiger partial charge in [-0.15, -0.1) is 0 Å². The molecular formula is C13H25N. The Balaban J connectivity index is 1.70. The van der Waals surface area contributed by atoms with Gasteiger partial charge in [0.25, 0.3) is 0 Å². The molecule has 1 nitrogen and oxygen atoms in total. The van der Waals surface area contributed by atoms with Crippen LogP contribution in [0.1, 0.15) is 46.0 Å². The third kappa shape index (κ3) is 2.50. The molecule has 0 heterocycles. The monoisotopic (exact) mass is 195 g/mol. The van der Waals surface area contributed by atoms with Crippen LogP contribution in [0.4, 0.5) is 0 Å². The quantitative estimate of drug-likeness (QED) is 0.727. The first-order chi connectivity index (χ1) is 6.81. The highest BCUT2D eigenvalue weighted by Gasteiger charge is 2.42. The Hall–Kier alpha value is -0.0400. The van der Waals surface area contributed by atoms with Crippen LogP contribution in [0.5, 0.6) is 0 Å². The average molecular weight is 195 g/mol. The molecule has 0 spiro atoms. The zero-order valence-corrected chi connectivity index (χ0v) is 9.76. The molecule has 4 unspecified atom stereocenters. The zero-order chi connectivity index (χ0) is 9.97. The van der Waals surface area contributed by atoms with Gasteiger partial charge in [-0.2, -0.15) is 0 Å². The van der Waals surface area contributed by atoms with Gasteiger partial charge in [-0.3, -0.25) is 0 Å². The Morgan fingerprint density at radius 1 is 1.21 bits per heavy atom. The van der Waals surface area contributed by atoms with Gasteiger partial charge in [0.2, 0.25) is 0 Å². The summed E-state index contributed by atoms with van der Waals surface area (Å²) in [7, 11) is 0. The molecule has 0 aromatic heterocycles. The molecule has 2 aliphatic carbocycles. The molecular weight excluding hydrogens is 170 g/mol. The molecule has 0 saturated heterocycles. The highest BCUT2D eigenvalue weighted by atomic mass is 14.9. The molecule has 1 heteroatoms. The Labute approximate surface area is 88.7 Å². The third-order valence-corrected chi connectivity index (χ3v) is 4.22. The predicted octanol–water partition coefficient (Wildman–Crippen LogP) is 3.06. The van der Waals surface area contributed by atoms with Crippen molar-refractivity contribution in [1.29, 1.82) is 0 Å². The smallest absolute Gasteiger partial charge is 0.00178 e. The molecule has 2 saturated carbocycles. The molecule has 1 N–H and O–H groups in total. The SMILES string of the molecule is CCNCC1CC1C1CCCC(C)C1. The molecule has 0 amide bonds. The van der Waals surface area contributed by atoms with Crippen molar-refractivity contribution in [1.82, 2.24) is 5.32 Å². The summed E-state index contributed by atoms with van der Waals surface area (Å²) in [5.41, 5.74) is 0. The van der Waals surface area contributed by atoms with Gasteiger partial charge in [-0.25, -0.2) is 0 Å². The Morgan fingerprint density at radius 3 is 2.79 bits per heavy atom. The van der Waals surface area contributed by atoms with E-state index in [1.807, 2.05) is 0 Å². The lowest BCUT2D eigenvalue weighted by molar-refractivity contribution is 0.248. The number of hydrogen-bond donors (Lipinski definition) is 1. The van der Waals surface area contributed by atoms with Crippen molar-refractivity contribution in [3.05, 3.63) is 0 Å². The molecule has 0 aromatic rings. The van der Waals surface area contributed by atoms with E-state index >= 15 is 0 Å². The highest BCUT2D eigenvalue weighted by molar-refractivity contribution is 4.93. The van der Waals surface area contributed by atoms with Gasteiger partial charge in [0.15, 0.2) is 0 Å². The predicted molar refractivity (Wildman–Crippen MR) is 61.3 cm³/mol. The summed E-state index contributed by atoms with van der Waals surface area (Å²) >= 11 is 0. The minimum absolute atomic E-state index is 1.01. The first kappa shape index (κ1) is 10.5. The number of hydrogen-bond acceptors (Lipinski definition) is 1. The molecule has 0 aromatic carbocycles. The van der Waals surface area contributed by atoms with Gasteiger partial charge in [0.05, 0.1) is 0 Å².